The normalized spacial score (nSPS) is 10.8. The van der Waals surface area contributed by atoms with Gasteiger partial charge in [0.2, 0.25) is 0 Å². The third-order valence-electron chi connectivity index (χ3n) is 2.31. The average molecular weight is 228 g/mol. The van der Waals surface area contributed by atoms with Gasteiger partial charge in [-0.2, -0.15) is 5.10 Å². The van der Waals surface area contributed by atoms with Gasteiger partial charge in [0, 0.05) is 6.20 Å². The Morgan fingerprint density at radius 3 is 3.18 bits per heavy atom. The smallest absolute Gasteiger partial charge is 0.260 e. The Balaban J connectivity index is 2.10. The van der Waals surface area contributed by atoms with Crippen LogP contribution in [-0.4, -0.2) is 29.7 Å². The number of H-pyrrole nitrogens is 1. The fourth-order valence-electron chi connectivity index (χ4n) is 1.56. The molecule has 3 aromatic rings. The van der Waals surface area contributed by atoms with Crippen molar-refractivity contribution in [2.45, 2.75) is 6.54 Å². The number of nitrogens with one attached hydrogen (secondary N) is 1. The maximum atomic E-state index is 11.7. The van der Waals surface area contributed by atoms with E-state index in [9.17, 15) is 4.79 Å². The summed E-state index contributed by atoms with van der Waals surface area (Å²) in [5.41, 5.74) is 0.240. The summed E-state index contributed by atoms with van der Waals surface area (Å²) in [6, 6.07) is 3.39. The molecular formula is C10H8N6O. The molecule has 0 aliphatic carbocycles. The molecule has 0 spiro atoms. The number of hydrogen-bond acceptors (Lipinski definition) is 5. The van der Waals surface area contributed by atoms with Gasteiger partial charge in [-0.3, -0.25) is 4.79 Å². The van der Waals surface area contributed by atoms with Crippen LogP contribution >= 0.6 is 0 Å². The zero-order valence-corrected chi connectivity index (χ0v) is 8.74. The van der Waals surface area contributed by atoms with Crippen LogP contribution in [0.1, 0.15) is 5.82 Å². The first-order chi connectivity index (χ1) is 8.33. The summed E-state index contributed by atoms with van der Waals surface area (Å²) in [5.74, 6) is 0.506. The second kappa shape index (κ2) is 3.78. The summed E-state index contributed by atoms with van der Waals surface area (Å²) in [6.07, 6.45) is 4.59. The quantitative estimate of drug-likeness (QED) is 0.664. The van der Waals surface area contributed by atoms with Crippen molar-refractivity contribution in [1.82, 2.24) is 29.7 Å². The molecule has 0 saturated heterocycles. The molecule has 17 heavy (non-hydrogen) atoms. The van der Waals surface area contributed by atoms with Crippen molar-refractivity contribution in [1.29, 1.82) is 0 Å². The van der Waals surface area contributed by atoms with Gasteiger partial charge in [0.15, 0.2) is 5.65 Å². The number of nitrogens with zero attached hydrogens (tertiary/aromatic N) is 5. The van der Waals surface area contributed by atoms with E-state index in [2.05, 4.69) is 25.0 Å². The highest BCUT2D eigenvalue weighted by atomic mass is 16.1. The van der Waals surface area contributed by atoms with Crippen molar-refractivity contribution < 1.29 is 0 Å². The molecule has 7 nitrogen and oxygen atoms in total. The molecule has 0 radical (unpaired) electrons. The second-order valence-corrected chi connectivity index (χ2v) is 3.48. The van der Waals surface area contributed by atoms with E-state index >= 15 is 0 Å². The van der Waals surface area contributed by atoms with Gasteiger partial charge in [-0.1, -0.05) is 0 Å². The minimum atomic E-state index is -0.196. The summed E-state index contributed by atoms with van der Waals surface area (Å²) in [6.45, 7) is 0.363. The summed E-state index contributed by atoms with van der Waals surface area (Å²) < 4.78 is 1.58. The van der Waals surface area contributed by atoms with Gasteiger partial charge >= 0.3 is 0 Å². The van der Waals surface area contributed by atoms with E-state index < -0.39 is 0 Å². The van der Waals surface area contributed by atoms with Crippen molar-refractivity contribution in [3.63, 3.8) is 0 Å². The zero-order chi connectivity index (χ0) is 11.7. The second-order valence-electron chi connectivity index (χ2n) is 3.48. The van der Waals surface area contributed by atoms with E-state index in [0.717, 1.165) is 0 Å². The number of aromatic nitrogens is 6. The van der Waals surface area contributed by atoms with Crippen LogP contribution in [0, 0.1) is 0 Å². The van der Waals surface area contributed by atoms with Crippen molar-refractivity contribution >= 4 is 11.0 Å². The van der Waals surface area contributed by atoms with E-state index in [1.54, 1.807) is 29.3 Å². The summed E-state index contributed by atoms with van der Waals surface area (Å²) >= 11 is 0. The lowest BCUT2D eigenvalue weighted by molar-refractivity contribution is 0.653. The van der Waals surface area contributed by atoms with Crippen LogP contribution in [0.4, 0.5) is 0 Å². The van der Waals surface area contributed by atoms with Gasteiger partial charge in [-0.05, 0) is 12.1 Å². The maximum absolute atomic E-state index is 11.7. The lowest BCUT2D eigenvalue weighted by atomic mass is 10.3. The Bertz CT molecular complexity index is 702. The molecule has 0 aliphatic heterocycles. The van der Waals surface area contributed by atoms with Gasteiger partial charge in [0.25, 0.3) is 5.56 Å². The molecule has 7 heteroatoms. The molecule has 84 valence electrons. The molecule has 3 aromatic heterocycles. The minimum absolute atomic E-state index is 0.196. The average Bonchev–Trinajstić information content (AvgIpc) is 2.82. The molecule has 3 rings (SSSR count). The molecule has 0 atom stereocenters. The first-order valence-electron chi connectivity index (χ1n) is 4.99. The molecule has 0 unspecified atom stereocenters. The number of pyridine rings is 1. The fraction of sp³-hybridized carbons (Fsp3) is 0.100. The first-order valence-corrected chi connectivity index (χ1v) is 4.99. The lowest BCUT2D eigenvalue weighted by Gasteiger charge is -2.01. The summed E-state index contributed by atoms with van der Waals surface area (Å²) in [5, 5.41) is 4.43. The fourth-order valence-corrected chi connectivity index (χ4v) is 1.56. The SMILES string of the molecule is O=c1[nH]c(Cn2cncn2)nc2ncccc12. The highest BCUT2D eigenvalue weighted by Gasteiger charge is 2.04. The Morgan fingerprint density at radius 2 is 2.35 bits per heavy atom. The van der Waals surface area contributed by atoms with Crippen LogP contribution in [0.2, 0.25) is 0 Å². The van der Waals surface area contributed by atoms with E-state index in [1.165, 1.54) is 6.33 Å². The van der Waals surface area contributed by atoms with Gasteiger partial charge in [-0.15, -0.1) is 0 Å². The predicted molar refractivity (Wildman–Crippen MR) is 59.3 cm³/mol. The third-order valence-corrected chi connectivity index (χ3v) is 2.31. The Hall–Kier alpha value is -2.57. The van der Waals surface area contributed by atoms with Gasteiger partial charge in [0.1, 0.15) is 25.0 Å². The van der Waals surface area contributed by atoms with Crippen molar-refractivity contribution in [3.05, 3.63) is 47.2 Å². The van der Waals surface area contributed by atoms with E-state index in [0.29, 0.717) is 23.4 Å². The maximum Gasteiger partial charge on any atom is 0.260 e. The van der Waals surface area contributed by atoms with Gasteiger partial charge in [0.05, 0.1) is 5.39 Å². The third kappa shape index (κ3) is 1.78. The number of fused-ring (bicyclic) bond motifs is 1. The molecule has 0 amide bonds. The zero-order valence-electron chi connectivity index (χ0n) is 8.74. The molecule has 1 N–H and O–H groups in total. The van der Waals surface area contributed by atoms with E-state index in [1.807, 2.05) is 0 Å². The topological polar surface area (TPSA) is 89.4 Å². The van der Waals surface area contributed by atoms with E-state index in [4.69, 9.17) is 0 Å². The first kappa shape index (κ1) is 9.64. The summed E-state index contributed by atoms with van der Waals surface area (Å²) in [7, 11) is 0. The minimum Gasteiger partial charge on any atom is -0.308 e. The van der Waals surface area contributed by atoms with Gasteiger partial charge in [-0.25, -0.2) is 19.6 Å². The molecule has 0 aromatic carbocycles. The van der Waals surface area contributed by atoms with Crippen molar-refractivity contribution in [2.24, 2.45) is 0 Å². The largest absolute Gasteiger partial charge is 0.308 e. The lowest BCUT2D eigenvalue weighted by Crippen LogP contribution is -2.15. The molecule has 3 heterocycles. The Labute approximate surface area is 95.2 Å². The molecule has 0 bridgehead atoms. The van der Waals surface area contributed by atoms with Gasteiger partial charge < -0.3 is 4.98 Å². The van der Waals surface area contributed by atoms with Crippen LogP contribution in [0.15, 0.2) is 35.8 Å². The number of hydrogen-bond donors (Lipinski definition) is 1. The molecule has 0 saturated carbocycles. The highest BCUT2D eigenvalue weighted by molar-refractivity contribution is 5.72. The highest BCUT2D eigenvalue weighted by Crippen LogP contribution is 2.02. The van der Waals surface area contributed by atoms with Crippen LogP contribution in [0.25, 0.3) is 11.0 Å². The standard InChI is InChI=1S/C10H8N6O/c17-10-7-2-1-3-12-9(7)14-8(15-10)4-16-6-11-5-13-16/h1-3,5-6H,4H2,(H,12,14,15,17). The van der Waals surface area contributed by atoms with Crippen molar-refractivity contribution in [2.75, 3.05) is 0 Å². The number of rotatable bonds is 2. The molecular weight excluding hydrogens is 220 g/mol. The van der Waals surface area contributed by atoms with Crippen molar-refractivity contribution in [3.8, 4) is 0 Å². The van der Waals surface area contributed by atoms with Crippen LogP contribution in [0.3, 0.4) is 0 Å². The van der Waals surface area contributed by atoms with Crippen LogP contribution in [0.5, 0.6) is 0 Å². The Morgan fingerprint density at radius 1 is 1.41 bits per heavy atom. The summed E-state index contributed by atoms with van der Waals surface area (Å²) in [4.78, 5) is 26.6. The van der Waals surface area contributed by atoms with E-state index in [-0.39, 0.29) is 5.56 Å². The van der Waals surface area contributed by atoms with Crippen LogP contribution in [-0.2, 0) is 6.54 Å². The van der Waals surface area contributed by atoms with Crippen LogP contribution < -0.4 is 5.56 Å². The Kier molecular flexibility index (Phi) is 2.14. The molecule has 0 aliphatic rings. The molecule has 0 fully saturated rings. The monoisotopic (exact) mass is 228 g/mol. The number of aromatic amines is 1. The predicted octanol–water partition coefficient (Wildman–Crippen LogP) is -0.0421.